The highest BCUT2D eigenvalue weighted by Crippen LogP contribution is 2.29. The molecule has 0 heterocycles. The highest BCUT2D eigenvalue weighted by atomic mass is 35.5. The standard InChI is InChI=1S/C24H24ClN3O5S/c1-17(29)26-19-9-6-10-20(13-19)27-24(30)16-28(15-18-7-4-3-5-8-18)34(31,32)21-11-12-23(33-2)22(25)14-21/h3-14H,15-16H2,1-2H3,(H,26,29)(H,27,30). The van der Waals surface area contributed by atoms with Gasteiger partial charge in [-0.15, -0.1) is 0 Å². The number of anilines is 2. The van der Waals surface area contributed by atoms with E-state index in [1.165, 1.54) is 32.2 Å². The smallest absolute Gasteiger partial charge is 0.243 e. The molecule has 0 aromatic heterocycles. The van der Waals surface area contributed by atoms with Crippen LogP contribution in [0.5, 0.6) is 5.75 Å². The molecule has 2 amide bonds. The molecule has 8 nitrogen and oxygen atoms in total. The van der Waals surface area contributed by atoms with E-state index >= 15 is 0 Å². The van der Waals surface area contributed by atoms with Crippen molar-refractivity contribution in [1.82, 2.24) is 4.31 Å². The molecule has 3 aromatic rings. The Morgan fingerprint density at radius 1 is 0.941 bits per heavy atom. The summed E-state index contributed by atoms with van der Waals surface area (Å²) in [6.07, 6.45) is 0. The molecule has 3 rings (SSSR count). The lowest BCUT2D eigenvalue weighted by atomic mass is 10.2. The average Bonchev–Trinajstić information content (AvgIpc) is 2.79. The van der Waals surface area contributed by atoms with Gasteiger partial charge < -0.3 is 15.4 Å². The highest BCUT2D eigenvalue weighted by molar-refractivity contribution is 7.89. The highest BCUT2D eigenvalue weighted by Gasteiger charge is 2.28. The van der Waals surface area contributed by atoms with Gasteiger partial charge in [0.05, 0.1) is 23.6 Å². The van der Waals surface area contributed by atoms with Crippen LogP contribution in [0.3, 0.4) is 0 Å². The van der Waals surface area contributed by atoms with Gasteiger partial charge in [0.15, 0.2) is 0 Å². The number of amides is 2. The van der Waals surface area contributed by atoms with Crippen LogP contribution in [0.2, 0.25) is 5.02 Å². The van der Waals surface area contributed by atoms with Crippen molar-refractivity contribution in [2.24, 2.45) is 0 Å². The van der Waals surface area contributed by atoms with Gasteiger partial charge in [0, 0.05) is 24.8 Å². The molecule has 0 radical (unpaired) electrons. The summed E-state index contributed by atoms with van der Waals surface area (Å²) in [7, 11) is -2.65. The van der Waals surface area contributed by atoms with Gasteiger partial charge >= 0.3 is 0 Å². The molecule has 0 aliphatic carbocycles. The minimum absolute atomic E-state index is 0.0217. The zero-order valence-corrected chi connectivity index (χ0v) is 20.2. The number of nitrogens with one attached hydrogen (secondary N) is 2. The van der Waals surface area contributed by atoms with Gasteiger partial charge in [-0.3, -0.25) is 9.59 Å². The fraction of sp³-hybridized carbons (Fsp3) is 0.167. The number of hydrogen-bond acceptors (Lipinski definition) is 5. The van der Waals surface area contributed by atoms with Gasteiger partial charge in [0.1, 0.15) is 5.75 Å². The third kappa shape index (κ3) is 6.57. The molecular formula is C24H24ClN3O5S. The number of halogens is 1. The maximum absolute atomic E-state index is 13.5. The second-order valence-electron chi connectivity index (χ2n) is 7.37. The largest absolute Gasteiger partial charge is 0.495 e. The lowest BCUT2D eigenvalue weighted by Crippen LogP contribution is -2.37. The van der Waals surface area contributed by atoms with Crippen LogP contribution in [0.4, 0.5) is 11.4 Å². The molecule has 0 atom stereocenters. The molecule has 0 bridgehead atoms. The zero-order valence-electron chi connectivity index (χ0n) is 18.6. The van der Waals surface area contributed by atoms with Crippen molar-refractivity contribution in [3.05, 3.63) is 83.4 Å². The molecule has 0 spiro atoms. The monoisotopic (exact) mass is 501 g/mol. The van der Waals surface area contributed by atoms with E-state index in [0.29, 0.717) is 22.7 Å². The number of ether oxygens (including phenoxy) is 1. The van der Waals surface area contributed by atoms with Crippen molar-refractivity contribution in [2.45, 2.75) is 18.4 Å². The first kappa shape index (κ1) is 25.2. The maximum Gasteiger partial charge on any atom is 0.243 e. The second kappa shape index (κ2) is 11.1. The van der Waals surface area contributed by atoms with Gasteiger partial charge in [-0.05, 0) is 42.0 Å². The first-order valence-electron chi connectivity index (χ1n) is 10.2. The summed E-state index contributed by atoms with van der Waals surface area (Å²) in [4.78, 5) is 24.1. The van der Waals surface area contributed by atoms with Gasteiger partial charge in [-0.1, -0.05) is 48.0 Å². The van der Waals surface area contributed by atoms with Crippen LogP contribution in [0.15, 0.2) is 77.7 Å². The molecule has 10 heteroatoms. The van der Waals surface area contributed by atoms with Crippen molar-refractivity contribution in [3.8, 4) is 5.75 Å². The Balaban J connectivity index is 1.86. The minimum atomic E-state index is -4.08. The van der Waals surface area contributed by atoms with Crippen LogP contribution < -0.4 is 15.4 Å². The summed E-state index contributed by atoms with van der Waals surface area (Å²) in [5.41, 5.74) is 1.64. The first-order valence-corrected chi connectivity index (χ1v) is 12.1. The van der Waals surface area contributed by atoms with Gasteiger partial charge in [-0.2, -0.15) is 4.31 Å². The molecule has 0 aliphatic rings. The maximum atomic E-state index is 13.5. The Kier molecular flexibility index (Phi) is 8.27. The van der Waals surface area contributed by atoms with Crippen molar-refractivity contribution in [2.75, 3.05) is 24.3 Å². The number of methoxy groups -OCH3 is 1. The first-order chi connectivity index (χ1) is 16.2. The van der Waals surface area contributed by atoms with Crippen molar-refractivity contribution in [3.63, 3.8) is 0 Å². The zero-order chi connectivity index (χ0) is 24.7. The molecule has 0 unspecified atom stereocenters. The van der Waals surface area contributed by atoms with E-state index in [0.717, 1.165) is 4.31 Å². The second-order valence-corrected chi connectivity index (χ2v) is 9.71. The Hall–Kier alpha value is -3.40. The molecule has 34 heavy (non-hydrogen) atoms. The Morgan fingerprint density at radius 3 is 2.24 bits per heavy atom. The van der Waals surface area contributed by atoms with E-state index in [4.69, 9.17) is 16.3 Å². The number of rotatable bonds is 9. The van der Waals surface area contributed by atoms with Crippen LogP contribution >= 0.6 is 11.6 Å². The summed E-state index contributed by atoms with van der Waals surface area (Å²) in [6, 6.07) is 19.7. The summed E-state index contributed by atoms with van der Waals surface area (Å²) in [6.45, 7) is 0.917. The van der Waals surface area contributed by atoms with E-state index in [9.17, 15) is 18.0 Å². The lowest BCUT2D eigenvalue weighted by molar-refractivity contribution is -0.116. The van der Waals surface area contributed by atoms with Crippen LogP contribution in [-0.2, 0) is 26.2 Å². The molecule has 0 aliphatic heterocycles. The average molecular weight is 502 g/mol. The van der Waals surface area contributed by atoms with Crippen LogP contribution in [-0.4, -0.2) is 38.2 Å². The number of hydrogen-bond donors (Lipinski definition) is 2. The summed E-state index contributed by atoms with van der Waals surface area (Å²) in [5.74, 6) is -0.451. The fourth-order valence-electron chi connectivity index (χ4n) is 3.21. The quantitative estimate of drug-likeness (QED) is 0.458. The summed E-state index contributed by atoms with van der Waals surface area (Å²) < 4.78 is 33.1. The minimum Gasteiger partial charge on any atom is -0.495 e. The third-order valence-electron chi connectivity index (χ3n) is 4.75. The molecule has 2 N–H and O–H groups in total. The van der Waals surface area contributed by atoms with Crippen LogP contribution in [0.1, 0.15) is 12.5 Å². The van der Waals surface area contributed by atoms with Crippen molar-refractivity contribution in [1.29, 1.82) is 0 Å². The topological polar surface area (TPSA) is 105 Å². The lowest BCUT2D eigenvalue weighted by Gasteiger charge is -2.22. The molecule has 0 saturated carbocycles. The van der Waals surface area contributed by atoms with E-state index in [2.05, 4.69) is 10.6 Å². The van der Waals surface area contributed by atoms with E-state index in [1.54, 1.807) is 48.5 Å². The normalized spacial score (nSPS) is 11.2. The van der Waals surface area contributed by atoms with Crippen LogP contribution in [0.25, 0.3) is 0 Å². The number of sulfonamides is 1. The number of nitrogens with zero attached hydrogens (tertiary/aromatic N) is 1. The van der Waals surface area contributed by atoms with Gasteiger partial charge in [0.25, 0.3) is 0 Å². The Bertz CT molecular complexity index is 1280. The fourth-order valence-corrected chi connectivity index (χ4v) is 4.94. The summed E-state index contributed by atoms with van der Waals surface area (Å²) in [5, 5.41) is 5.46. The van der Waals surface area contributed by atoms with Crippen molar-refractivity contribution >= 4 is 44.8 Å². The number of carbonyl (C=O) groups excluding carboxylic acids is 2. The van der Waals surface area contributed by atoms with Crippen LogP contribution in [0, 0.1) is 0 Å². The molecular weight excluding hydrogens is 478 g/mol. The van der Waals surface area contributed by atoms with E-state index in [-0.39, 0.29) is 22.4 Å². The summed E-state index contributed by atoms with van der Waals surface area (Å²) >= 11 is 6.15. The van der Waals surface area contributed by atoms with E-state index in [1.807, 2.05) is 6.07 Å². The number of carbonyl (C=O) groups is 2. The predicted molar refractivity (Wildman–Crippen MR) is 131 cm³/mol. The molecule has 0 fully saturated rings. The Morgan fingerprint density at radius 2 is 1.62 bits per heavy atom. The molecule has 178 valence electrons. The van der Waals surface area contributed by atoms with E-state index < -0.39 is 22.5 Å². The van der Waals surface area contributed by atoms with Gasteiger partial charge in [0.2, 0.25) is 21.8 Å². The van der Waals surface area contributed by atoms with Gasteiger partial charge in [-0.25, -0.2) is 8.42 Å². The SMILES string of the molecule is COc1ccc(S(=O)(=O)N(CC(=O)Nc2cccc(NC(C)=O)c2)Cc2ccccc2)cc1Cl. The molecule has 3 aromatic carbocycles. The number of benzene rings is 3. The molecule has 0 saturated heterocycles. The third-order valence-corrected chi connectivity index (χ3v) is 6.83. The Labute approximate surface area is 203 Å². The van der Waals surface area contributed by atoms with Crippen molar-refractivity contribution < 1.29 is 22.7 Å². The predicted octanol–water partition coefficient (Wildman–Crippen LogP) is 4.14.